The molecule has 5 nitrogen and oxygen atoms in total. The number of anilines is 1. The predicted octanol–water partition coefficient (Wildman–Crippen LogP) is 5.19. The van der Waals surface area contributed by atoms with Crippen molar-refractivity contribution < 1.29 is 14.3 Å². The number of amides is 1. The zero-order valence-corrected chi connectivity index (χ0v) is 15.9. The summed E-state index contributed by atoms with van der Waals surface area (Å²) in [4.78, 5) is 12.3. The van der Waals surface area contributed by atoms with E-state index in [1.807, 2.05) is 36.4 Å². The van der Waals surface area contributed by atoms with Gasteiger partial charge in [0.25, 0.3) is 0 Å². The van der Waals surface area contributed by atoms with Crippen LogP contribution in [0.1, 0.15) is 11.1 Å². The Labute approximate surface area is 168 Å². The van der Waals surface area contributed by atoms with E-state index in [4.69, 9.17) is 26.3 Å². The second kappa shape index (κ2) is 8.94. The highest BCUT2D eigenvalue weighted by Gasteiger charge is 2.11. The van der Waals surface area contributed by atoms with E-state index in [0.29, 0.717) is 27.8 Å². The van der Waals surface area contributed by atoms with E-state index in [9.17, 15) is 4.79 Å². The van der Waals surface area contributed by atoms with Crippen LogP contribution >= 0.6 is 11.6 Å². The lowest BCUT2D eigenvalue weighted by Gasteiger charge is -2.13. The molecule has 0 unspecified atom stereocenters. The zero-order valence-electron chi connectivity index (χ0n) is 15.1. The Morgan fingerprint density at radius 2 is 1.86 bits per heavy atom. The van der Waals surface area contributed by atoms with Crippen molar-refractivity contribution in [2.45, 2.75) is 6.42 Å². The number of nitriles is 1. The Morgan fingerprint density at radius 1 is 1.07 bits per heavy atom. The van der Waals surface area contributed by atoms with Crippen LogP contribution in [0.2, 0.25) is 5.02 Å². The Hall–Kier alpha value is -3.49. The molecular formula is C22H17ClN2O3. The topological polar surface area (TPSA) is 71.3 Å². The minimum absolute atomic E-state index is 0.142. The quantitative estimate of drug-likeness (QED) is 0.626. The third-order valence-electron chi connectivity index (χ3n) is 3.88. The van der Waals surface area contributed by atoms with E-state index in [0.717, 1.165) is 11.3 Å². The van der Waals surface area contributed by atoms with Crippen LogP contribution in [0, 0.1) is 11.3 Å². The fourth-order valence-electron chi connectivity index (χ4n) is 2.64. The number of benzene rings is 3. The lowest BCUT2D eigenvalue weighted by atomic mass is 10.1. The number of nitrogens with one attached hydrogen (secondary N) is 1. The van der Waals surface area contributed by atoms with Crippen LogP contribution in [0.25, 0.3) is 0 Å². The number of carbonyl (C=O) groups is 1. The number of hydrogen-bond acceptors (Lipinski definition) is 4. The molecule has 0 radical (unpaired) electrons. The van der Waals surface area contributed by atoms with Gasteiger partial charge in [0.1, 0.15) is 5.75 Å². The first-order chi connectivity index (χ1) is 13.6. The van der Waals surface area contributed by atoms with Gasteiger partial charge in [-0.05, 0) is 48.0 Å². The summed E-state index contributed by atoms with van der Waals surface area (Å²) in [5.74, 6) is 1.20. The summed E-state index contributed by atoms with van der Waals surface area (Å²) in [6.07, 6.45) is 0.175. The van der Waals surface area contributed by atoms with Crippen LogP contribution in [-0.4, -0.2) is 13.0 Å². The SMILES string of the molecule is COc1ccc(CC(=O)Nc2ccccc2)cc1Oc1cc(Cl)cc(C#N)c1. The molecule has 1 N–H and O–H groups in total. The van der Waals surface area contributed by atoms with Gasteiger partial charge in [-0.25, -0.2) is 0 Å². The smallest absolute Gasteiger partial charge is 0.228 e. The first-order valence-electron chi connectivity index (χ1n) is 8.48. The number of halogens is 1. The number of carbonyl (C=O) groups excluding carboxylic acids is 1. The number of ether oxygens (including phenoxy) is 2. The summed E-state index contributed by atoms with van der Waals surface area (Å²) in [5.41, 5.74) is 1.88. The molecule has 0 spiro atoms. The molecule has 3 rings (SSSR count). The number of para-hydroxylation sites is 1. The van der Waals surface area contributed by atoms with E-state index < -0.39 is 0 Å². The summed E-state index contributed by atoms with van der Waals surface area (Å²) in [5, 5.41) is 12.3. The molecule has 0 aliphatic carbocycles. The number of methoxy groups -OCH3 is 1. The molecule has 0 fully saturated rings. The van der Waals surface area contributed by atoms with Gasteiger partial charge in [0.15, 0.2) is 11.5 Å². The van der Waals surface area contributed by atoms with Crippen molar-refractivity contribution in [3.8, 4) is 23.3 Å². The van der Waals surface area contributed by atoms with Crippen molar-refractivity contribution in [2.75, 3.05) is 12.4 Å². The van der Waals surface area contributed by atoms with Gasteiger partial charge < -0.3 is 14.8 Å². The maximum Gasteiger partial charge on any atom is 0.228 e. The molecule has 0 aliphatic rings. The third kappa shape index (κ3) is 5.03. The third-order valence-corrected chi connectivity index (χ3v) is 4.10. The van der Waals surface area contributed by atoms with Crippen molar-refractivity contribution in [3.63, 3.8) is 0 Å². The molecule has 0 aliphatic heterocycles. The van der Waals surface area contributed by atoms with E-state index in [1.165, 1.54) is 7.11 Å². The minimum Gasteiger partial charge on any atom is -0.493 e. The van der Waals surface area contributed by atoms with Gasteiger partial charge in [0.2, 0.25) is 5.91 Å². The second-order valence-electron chi connectivity index (χ2n) is 5.97. The second-order valence-corrected chi connectivity index (χ2v) is 6.40. The van der Waals surface area contributed by atoms with Gasteiger partial charge in [-0.1, -0.05) is 35.9 Å². The highest BCUT2D eigenvalue weighted by atomic mass is 35.5. The Kier molecular flexibility index (Phi) is 6.15. The van der Waals surface area contributed by atoms with E-state index >= 15 is 0 Å². The molecule has 3 aromatic carbocycles. The fourth-order valence-corrected chi connectivity index (χ4v) is 2.86. The van der Waals surface area contributed by atoms with Crippen LogP contribution in [0.3, 0.4) is 0 Å². The Balaban J connectivity index is 1.79. The van der Waals surface area contributed by atoms with Crippen LogP contribution in [0.4, 0.5) is 5.69 Å². The molecule has 0 heterocycles. The maximum absolute atomic E-state index is 12.3. The lowest BCUT2D eigenvalue weighted by molar-refractivity contribution is -0.115. The molecule has 28 heavy (non-hydrogen) atoms. The highest BCUT2D eigenvalue weighted by Crippen LogP contribution is 2.34. The fraction of sp³-hybridized carbons (Fsp3) is 0.0909. The first kappa shape index (κ1) is 19.3. The summed E-state index contributed by atoms with van der Waals surface area (Å²) < 4.78 is 11.2. The average Bonchev–Trinajstić information content (AvgIpc) is 2.68. The summed E-state index contributed by atoms with van der Waals surface area (Å²) >= 11 is 6.03. The minimum atomic E-state index is -0.142. The average molecular weight is 393 g/mol. The van der Waals surface area contributed by atoms with Gasteiger partial charge in [-0.2, -0.15) is 5.26 Å². The molecule has 140 valence electrons. The molecule has 0 aromatic heterocycles. The highest BCUT2D eigenvalue weighted by molar-refractivity contribution is 6.30. The lowest BCUT2D eigenvalue weighted by Crippen LogP contribution is -2.14. The monoisotopic (exact) mass is 392 g/mol. The van der Waals surface area contributed by atoms with Crippen LogP contribution in [-0.2, 0) is 11.2 Å². The normalized spacial score (nSPS) is 10.0. The van der Waals surface area contributed by atoms with Crippen LogP contribution < -0.4 is 14.8 Å². The van der Waals surface area contributed by atoms with Gasteiger partial charge >= 0.3 is 0 Å². The molecule has 3 aromatic rings. The van der Waals surface area contributed by atoms with E-state index in [-0.39, 0.29) is 12.3 Å². The van der Waals surface area contributed by atoms with Gasteiger partial charge in [0, 0.05) is 10.7 Å². The largest absolute Gasteiger partial charge is 0.493 e. The number of nitrogens with zero attached hydrogens (tertiary/aromatic N) is 1. The van der Waals surface area contributed by atoms with E-state index in [1.54, 1.807) is 36.4 Å². The van der Waals surface area contributed by atoms with Gasteiger partial charge in [-0.15, -0.1) is 0 Å². The molecule has 0 saturated heterocycles. The summed E-state index contributed by atoms with van der Waals surface area (Å²) in [6.45, 7) is 0. The Morgan fingerprint density at radius 3 is 2.57 bits per heavy atom. The standard InChI is InChI=1S/C22H17ClN2O3/c1-27-20-8-7-15(12-22(26)25-18-5-3-2-4-6-18)11-21(20)28-19-10-16(14-24)9-17(23)13-19/h2-11,13H,12H2,1H3,(H,25,26). The molecule has 6 heteroatoms. The van der Waals surface area contributed by atoms with Crippen molar-refractivity contribution in [3.05, 3.63) is 82.9 Å². The van der Waals surface area contributed by atoms with Crippen molar-refractivity contribution in [2.24, 2.45) is 0 Å². The molecule has 0 bridgehead atoms. The zero-order chi connectivity index (χ0) is 19.9. The molecule has 0 saturated carbocycles. The van der Waals surface area contributed by atoms with Crippen molar-refractivity contribution in [1.29, 1.82) is 5.26 Å². The molecule has 1 amide bonds. The predicted molar refractivity (Wildman–Crippen MR) is 108 cm³/mol. The number of hydrogen-bond donors (Lipinski definition) is 1. The van der Waals surface area contributed by atoms with Gasteiger partial charge in [0.05, 0.1) is 25.2 Å². The van der Waals surface area contributed by atoms with Crippen molar-refractivity contribution in [1.82, 2.24) is 0 Å². The van der Waals surface area contributed by atoms with Gasteiger partial charge in [-0.3, -0.25) is 4.79 Å². The molecular weight excluding hydrogens is 376 g/mol. The van der Waals surface area contributed by atoms with Crippen LogP contribution in [0.15, 0.2) is 66.7 Å². The van der Waals surface area contributed by atoms with E-state index in [2.05, 4.69) is 5.32 Å². The first-order valence-corrected chi connectivity index (χ1v) is 8.85. The van der Waals surface area contributed by atoms with Crippen molar-refractivity contribution >= 4 is 23.2 Å². The molecule has 0 atom stereocenters. The summed E-state index contributed by atoms with van der Waals surface area (Å²) in [6, 6.07) is 21.3. The van der Waals surface area contributed by atoms with Crippen LogP contribution in [0.5, 0.6) is 17.2 Å². The number of rotatable bonds is 6. The summed E-state index contributed by atoms with van der Waals surface area (Å²) in [7, 11) is 1.53. The maximum atomic E-state index is 12.3. The Bertz CT molecular complexity index is 1030.